The number of Topliss-reactive ketones (excluding diaryl/α,β-unsaturated/α-hetero) is 1. The molecule has 1 saturated heterocycles. The van der Waals surface area contributed by atoms with Crippen LogP contribution < -0.4 is 21.3 Å². The van der Waals surface area contributed by atoms with Crippen molar-refractivity contribution in [3.05, 3.63) is 0 Å². The van der Waals surface area contributed by atoms with Crippen LogP contribution in [0.1, 0.15) is 169 Å². The Labute approximate surface area is 519 Å². The lowest BCUT2D eigenvalue weighted by Crippen LogP contribution is -2.61. The van der Waals surface area contributed by atoms with Crippen molar-refractivity contribution < 1.29 is 67.4 Å². The summed E-state index contributed by atoms with van der Waals surface area (Å²) in [7, 11) is 8.39. The molecule has 1 fully saturated rings. The Morgan fingerprint density at radius 1 is 0.506 bits per heavy atom. The average Bonchev–Trinajstić information content (AvgIpc) is 2.87. The van der Waals surface area contributed by atoms with Gasteiger partial charge >= 0.3 is 5.97 Å². The van der Waals surface area contributed by atoms with Crippen LogP contribution in [0.5, 0.6) is 0 Å². The van der Waals surface area contributed by atoms with Crippen molar-refractivity contribution in [2.45, 2.75) is 224 Å². The minimum Gasteiger partial charge on any atom is -0.466 e. The lowest BCUT2D eigenvalue weighted by atomic mass is 9.83. The number of likely N-dealkylation sites (N-methyl/N-ethyl adjacent to an activating group) is 6. The van der Waals surface area contributed by atoms with Crippen molar-refractivity contribution in [2.24, 2.45) is 53.3 Å². The van der Waals surface area contributed by atoms with Crippen LogP contribution in [0.2, 0.25) is 0 Å². The zero-order valence-electron chi connectivity index (χ0n) is 56.9. The van der Waals surface area contributed by atoms with Crippen molar-refractivity contribution in [3.63, 3.8) is 0 Å². The summed E-state index contributed by atoms with van der Waals surface area (Å²) in [5.74, 6) is -13.4. The number of ketones is 1. The minimum atomic E-state index is -1.94. The predicted molar refractivity (Wildman–Crippen MR) is 331 cm³/mol. The van der Waals surface area contributed by atoms with Crippen LogP contribution >= 0.6 is 0 Å². The summed E-state index contributed by atoms with van der Waals surface area (Å²) in [6.45, 7) is 29.0. The SMILES string of the molecule is CCOC(=O)CCC1C(=O)NC(CC)C(=O)C(C)C(CC)C(=O)N(C)C(CC(C)C)C(=O)NC(C(C)C)C(=O)N(C)C(CC(C)C)C(=O)NC(C)C(=O)NCC(=O)N(C)C(CC(C)C)C(=O)N(C)C(CC(C)C)C(=O)N(C)C(C(C)C)C(=O)N(C)C1O. The molecule has 0 aromatic heterocycles. The normalized spacial score (nSPS) is 27.4. The second-order valence-corrected chi connectivity index (χ2v) is 26.2. The zero-order chi connectivity index (χ0) is 67.4. The van der Waals surface area contributed by atoms with Crippen LogP contribution in [0.25, 0.3) is 0 Å². The van der Waals surface area contributed by atoms with E-state index in [1.807, 2.05) is 55.4 Å². The van der Waals surface area contributed by atoms with E-state index in [1.165, 1.54) is 73.7 Å². The van der Waals surface area contributed by atoms with Crippen molar-refractivity contribution >= 4 is 70.8 Å². The van der Waals surface area contributed by atoms with Crippen LogP contribution in [0.3, 0.4) is 0 Å². The van der Waals surface area contributed by atoms with Crippen molar-refractivity contribution in [1.29, 1.82) is 0 Å². The number of hydrogen-bond donors (Lipinski definition) is 5. The van der Waals surface area contributed by atoms with Crippen LogP contribution in [0, 0.1) is 53.3 Å². The first kappa shape index (κ1) is 78.8. The van der Waals surface area contributed by atoms with E-state index in [4.69, 9.17) is 4.74 Å². The van der Waals surface area contributed by atoms with E-state index >= 15 is 0 Å². The number of aliphatic hydroxyl groups excluding tert-OH is 1. The van der Waals surface area contributed by atoms with Gasteiger partial charge in [-0.15, -0.1) is 0 Å². The third-order valence-electron chi connectivity index (χ3n) is 16.6. The quantitative estimate of drug-likeness (QED) is 0.138. The highest BCUT2D eigenvalue weighted by Gasteiger charge is 2.45. The molecule has 12 unspecified atom stereocenters. The first-order valence-electron chi connectivity index (χ1n) is 31.4. The Bertz CT molecular complexity index is 2360. The second-order valence-electron chi connectivity index (χ2n) is 26.2. The Hall–Kier alpha value is -6.20. The third-order valence-corrected chi connectivity index (χ3v) is 16.6. The van der Waals surface area contributed by atoms with Gasteiger partial charge in [0.05, 0.1) is 25.1 Å². The van der Waals surface area contributed by atoms with Gasteiger partial charge in [0.25, 0.3) is 0 Å². The fourth-order valence-electron chi connectivity index (χ4n) is 11.2. The Kier molecular flexibility index (Phi) is 32.9. The molecule has 0 aromatic rings. The highest BCUT2D eigenvalue weighted by Crippen LogP contribution is 2.28. The van der Waals surface area contributed by atoms with Gasteiger partial charge in [0.1, 0.15) is 48.5 Å². The molecule has 1 aliphatic heterocycles. The first-order chi connectivity index (χ1) is 40.2. The summed E-state index contributed by atoms with van der Waals surface area (Å²) in [6, 6.07) is -9.55. The van der Waals surface area contributed by atoms with Gasteiger partial charge < -0.3 is 60.5 Å². The van der Waals surface area contributed by atoms with E-state index in [-0.39, 0.29) is 81.6 Å². The Morgan fingerprint density at radius 3 is 1.40 bits per heavy atom. The lowest BCUT2D eigenvalue weighted by Gasteiger charge is -2.40. The van der Waals surface area contributed by atoms with E-state index in [1.54, 1.807) is 55.4 Å². The van der Waals surface area contributed by atoms with Gasteiger partial charge in [0.2, 0.25) is 59.1 Å². The molecule has 0 radical (unpaired) electrons. The average molecular weight is 1230 g/mol. The number of hydrogen-bond acceptors (Lipinski definition) is 14. The fraction of sp³-hybridized carbons (Fsp3) is 0.810. The maximum atomic E-state index is 15.0. The number of amides is 10. The molecule has 0 aromatic carbocycles. The molecule has 1 heterocycles. The fourth-order valence-corrected chi connectivity index (χ4v) is 11.2. The number of carbonyl (C=O) groups is 12. The number of rotatable bonds is 16. The van der Waals surface area contributed by atoms with E-state index in [0.29, 0.717) is 0 Å². The van der Waals surface area contributed by atoms with Gasteiger partial charge in [-0.25, -0.2) is 0 Å². The molecule has 0 aliphatic carbocycles. The third kappa shape index (κ3) is 22.4. The molecule has 0 bridgehead atoms. The minimum absolute atomic E-state index is 0.0214. The predicted octanol–water partition coefficient (Wildman–Crippen LogP) is 3.60. The summed E-state index contributed by atoms with van der Waals surface area (Å²) in [6.07, 6.45) is -1.91. The molecule has 0 spiro atoms. The van der Waals surface area contributed by atoms with E-state index in [9.17, 15) is 62.6 Å². The molecule has 12 atom stereocenters. The summed E-state index contributed by atoms with van der Waals surface area (Å²) in [5, 5.41) is 23.0. The molecule has 24 nitrogen and oxygen atoms in total. The number of nitrogens with zero attached hydrogens (tertiary/aromatic N) is 6. The molecule has 10 amide bonds. The van der Waals surface area contributed by atoms with Crippen molar-refractivity contribution in [1.82, 2.24) is 50.7 Å². The molecular weight excluding hydrogens is 1120 g/mol. The molecule has 1 rings (SSSR count). The molecule has 5 N–H and O–H groups in total. The number of ether oxygens (including phenoxy) is 1. The summed E-state index contributed by atoms with van der Waals surface area (Å²) in [5.41, 5.74) is 0. The standard InChI is InChI=1S/C63H112N10O14/c1-24-42-40(16)53(76)44(25-2)66-55(78)43(27-28-50(75)87-26-3)59(82)73(23)63(86)52(39(14)15)72(22)61(84)48(32-37(10)11)71(21)60(83)47(31-36(8)9)68(18)49(74)33-64-54(77)41(17)65-56(79)45(29-34(4)5)70(20)62(85)51(38(12)13)67-57(80)46(30-35(6)7)69(19)58(42)81/h34-48,51-52,59,82H,24-33H2,1-23H3,(H,64,77)(H,65,79)(H,66,78)(H,67,80). The largest absolute Gasteiger partial charge is 0.466 e. The van der Waals surface area contributed by atoms with Gasteiger partial charge in [0, 0.05) is 60.5 Å². The monoisotopic (exact) mass is 1230 g/mol. The van der Waals surface area contributed by atoms with Crippen LogP contribution in [-0.4, -0.2) is 215 Å². The number of nitrogens with one attached hydrogen (secondary N) is 4. The van der Waals surface area contributed by atoms with E-state index in [0.717, 1.165) is 4.90 Å². The number of aliphatic hydroxyl groups is 1. The summed E-state index contributed by atoms with van der Waals surface area (Å²) in [4.78, 5) is 180. The molecule has 87 heavy (non-hydrogen) atoms. The highest BCUT2D eigenvalue weighted by molar-refractivity contribution is 5.99. The number of carbonyl (C=O) groups excluding carboxylic acids is 12. The maximum Gasteiger partial charge on any atom is 0.305 e. The van der Waals surface area contributed by atoms with Crippen molar-refractivity contribution in [2.75, 3.05) is 55.4 Å². The molecule has 0 saturated carbocycles. The molecule has 498 valence electrons. The molecule has 24 heteroatoms. The van der Waals surface area contributed by atoms with Gasteiger partial charge in [-0.1, -0.05) is 104 Å². The first-order valence-corrected chi connectivity index (χ1v) is 31.4. The topological polar surface area (TPSA) is 302 Å². The van der Waals surface area contributed by atoms with Crippen LogP contribution in [0.4, 0.5) is 0 Å². The van der Waals surface area contributed by atoms with Gasteiger partial charge in [-0.3, -0.25) is 57.5 Å². The Morgan fingerprint density at radius 2 is 0.954 bits per heavy atom. The molecule has 1 aliphatic rings. The van der Waals surface area contributed by atoms with Crippen LogP contribution in [0.15, 0.2) is 0 Å². The number of esters is 1. The summed E-state index contributed by atoms with van der Waals surface area (Å²) >= 11 is 0. The maximum absolute atomic E-state index is 15.0. The van der Waals surface area contributed by atoms with Gasteiger partial charge in [-0.05, 0) is 94.3 Å². The lowest BCUT2D eigenvalue weighted by molar-refractivity contribution is -0.160. The molecular formula is C63H112N10O14. The summed E-state index contributed by atoms with van der Waals surface area (Å²) < 4.78 is 5.15. The Balaban J connectivity index is 4.30. The van der Waals surface area contributed by atoms with Crippen molar-refractivity contribution in [3.8, 4) is 0 Å². The second kappa shape index (κ2) is 36.3. The smallest absolute Gasteiger partial charge is 0.305 e. The van der Waals surface area contributed by atoms with Gasteiger partial charge in [0.15, 0.2) is 5.78 Å². The van der Waals surface area contributed by atoms with E-state index in [2.05, 4.69) is 21.3 Å². The van der Waals surface area contributed by atoms with E-state index < -0.39 is 162 Å². The van der Waals surface area contributed by atoms with Gasteiger partial charge in [-0.2, -0.15) is 0 Å². The highest BCUT2D eigenvalue weighted by atomic mass is 16.5. The zero-order valence-corrected chi connectivity index (χ0v) is 56.9. The van der Waals surface area contributed by atoms with Crippen LogP contribution in [-0.2, 0) is 62.3 Å².